The van der Waals surface area contributed by atoms with Gasteiger partial charge in [-0.2, -0.15) is 0 Å². The molecule has 1 amide bonds. The molecule has 4 nitrogen and oxygen atoms in total. The van der Waals surface area contributed by atoms with Gasteiger partial charge in [0.05, 0.1) is 13.5 Å². The summed E-state index contributed by atoms with van der Waals surface area (Å²) in [6, 6.07) is 15.2. The minimum atomic E-state index is 0.0288. The number of benzene rings is 2. The summed E-state index contributed by atoms with van der Waals surface area (Å²) in [6.45, 7) is 0.413. The number of nitrogens with zero attached hydrogens (tertiary/aromatic N) is 1. The molecule has 2 aromatic rings. The third kappa shape index (κ3) is 3.61. The molecular weight excluding hydrogens is 264 g/mol. The van der Waals surface area contributed by atoms with Gasteiger partial charge in [0, 0.05) is 19.3 Å². The molecule has 0 saturated heterocycles. The highest BCUT2D eigenvalue weighted by molar-refractivity contribution is 5.94. The van der Waals surface area contributed by atoms with Crippen molar-refractivity contribution in [1.29, 1.82) is 0 Å². The number of hydrogen-bond acceptors (Lipinski definition) is 3. The number of anilines is 1. The summed E-state index contributed by atoms with van der Waals surface area (Å²) in [5.74, 6) is 0.814. The summed E-state index contributed by atoms with van der Waals surface area (Å²) in [5, 5.41) is 0. The van der Waals surface area contributed by atoms with E-state index < -0.39 is 0 Å². The molecule has 0 aromatic heterocycles. The first-order valence-corrected chi connectivity index (χ1v) is 6.83. The smallest absolute Gasteiger partial charge is 0.231 e. The maximum Gasteiger partial charge on any atom is 0.231 e. The molecule has 2 rings (SSSR count). The molecule has 0 radical (unpaired) electrons. The zero-order chi connectivity index (χ0) is 15.2. The predicted octanol–water partition coefficient (Wildman–Crippen LogP) is 2.36. The summed E-state index contributed by atoms with van der Waals surface area (Å²) < 4.78 is 5.11. The first kappa shape index (κ1) is 15.1. The molecule has 0 bridgehead atoms. The van der Waals surface area contributed by atoms with Crippen LogP contribution in [-0.4, -0.2) is 20.1 Å². The topological polar surface area (TPSA) is 55.6 Å². The third-order valence-corrected chi connectivity index (χ3v) is 3.46. The molecule has 0 heterocycles. The molecule has 2 aromatic carbocycles. The minimum Gasteiger partial charge on any atom is -0.497 e. The van der Waals surface area contributed by atoms with Crippen molar-refractivity contribution in [1.82, 2.24) is 0 Å². The van der Waals surface area contributed by atoms with E-state index in [0.29, 0.717) is 13.0 Å². The van der Waals surface area contributed by atoms with E-state index in [1.54, 1.807) is 19.1 Å². The second-order valence-corrected chi connectivity index (χ2v) is 4.81. The number of ether oxygens (including phenoxy) is 1. The summed E-state index contributed by atoms with van der Waals surface area (Å²) in [6.07, 6.45) is 0.347. The molecule has 4 heteroatoms. The van der Waals surface area contributed by atoms with Gasteiger partial charge in [0.2, 0.25) is 5.91 Å². The van der Waals surface area contributed by atoms with Crippen LogP contribution in [0.2, 0.25) is 0 Å². The van der Waals surface area contributed by atoms with Gasteiger partial charge in [0.25, 0.3) is 0 Å². The molecule has 0 aliphatic carbocycles. The van der Waals surface area contributed by atoms with E-state index in [0.717, 1.165) is 22.6 Å². The van der Waals surface area contributed by atoms with Crippen molar-refractivity contribution < 1.29 is 9.53 Å². The molecular formula is C17H20N2O2. The van der Waals surface area contributed by atoms with Gasteiger partial charge < -0.3 is 15.4 Å². The first-order chi connectivity index (χ1) is 10.2. The van der Waals surface area contributed by atoms with Crippen LogP contribution >= 0.6 is 0 Å². The number of hydrogen-bond donors (Lipinski definition) is 1. The number of para-hydroxylation sites is 1. The lowest BCUT2D eigenvalue weighted by atomic mass is 10.1. The van der Waals surface area contributed by atoms with E-state index in [-0.39, 0.29) is 5.91 Å². The molecule has 0 saturated carbocycles. The van der Waals surface area contributed by atoms with E-state index >= 15 is 0 Å². The summed E-state index contributed by atoms with van der Waals surface area (Å²) in [7, 11) is 3.40. The monoisotopic (exact) mass is 284 g/mol. The van der Waals surface area contributed by atoms with Crippen molar-refractivity contribution in [3.8, 4) is 5.75 Å². The number of rotatable bonds is 5. The molecule has 21 heavy (non-hydrogen) atoms. The van der Waals surface area contributed by atoms with E-state index in [9.17, 15) is 4.79 Å². The van der Waals surface area contributed by atoms with Crippen molar-refractivity contribution in [3.05, 3.63) is 59.7 Å². The molecule has 0 atom stereocenters. The van der Waals surface area contributed by atoms with Crippen LogP contribution in [0.25, 0.3) is 0 Å². The van der Waals surface area contributed by atoms with Crippen LogP contribution < -0.4 is 15.4 Å². The molecule has 0 aliphatic heterocycles. The van der Waals surface area contributed by atoms with Crippen molar-refractivity contribution in [2.24, 2.45) is 5.73 Å². The Morgan fingerprint density at radius 3 is 2.43 bits per heavy atom. The Morgan fingerprint density at radius 2 is 1.81 bits per heavy atom. The zero-order valence-electron chi connectivity index (χ0n) is 12.4. The Kier molecular flexibility index (Phi) is 4.95. The van der Waals surface area contributed by atoms with Crippen LogP contribution in [0.5, 0.6) is 5.75 Å². The number of amides is 1. The number of carbonyl (C=O) groups is 1. The fraction of sp³-hybridized carbons (Fsp3) is 0.235. The van der Waals surface area contributed by atoms with E-state index in [2.05, 4.69) is 0 Å². The minimum absolute atomic E-state index is 0.0288. The van der Waals surface area contributed by atoms with Gasteiger partial charge in [0.15, 0.2) is 0 Å². The SMILES string of the molecule is COc1ccc(CC(=O)N(C)c2ccccc2CN)cc1. The van der Waals surface area contributed by atoms with Gasteiger partial charge in [-0.05, 0) is 29.3 Å². The lowest BCUT2D eigenvalue weighted by Crippen LogP contribution is -2.29. The average molecular weight is 284 g/mol. The summed E-state index contributed by atoms with van der Waals surface area (Å²) in [5.41, 5.74) is 8.50. The predicted molar refractivity (Wildman–Crippen MR) is 84.4 cm³/mol. The van der Waals surface area contributed by atoms with Crippen LogP contribution in [0, 0.1) is 0 Å². The standard InChI is InChI=1S/C17H20N2O2/c1-19(16-6-4-3-5-14(16)12-18)17(20)11-13-7-9-15(21-2)10-8-13/h3-10H,11-12,18H2,1-2H3. The summed E-state index contributed by atoms with van der Waals surface area (Å²) in [4.78, 5) is 14.0. The van der Waals surface area contributed by atoms with E-state index in [1.165, 1.54) is 0 Å². The fourth-order valence-corrected chi connectivity index (χ4v) is 2.18. The maximum atomic E-state index is 12.4. The maximum absolute atomic E-state index is 12.4. The highest BCUT2D eigenvalue weighted by Crippen LogP contribution is 2.20. The summed E-state index contributed by atoms with van der Waals surface area (Å²) >= 11 is 0. The Bertz CT molecular complexity index is 608. The molecule has 2 N–H and O–H groups in total. The molecule has 0 fully saturated rings. The number of methoxy groups -OCH3 is 1. The second kappa shape index (κ2) is 6.90. The van der Waals surface area contributed by atoms with Crippen LogP contribution in [0.15, 0.2) is 48.5 Å². The lowest BCUT2D eigenvalue weighted by Gasteiger charge is -2.20. The van der Waals surface area contributed by atoms with Crippen LogP contribution in [0.3, 0.4) is 0 Å². The van der Waals surface area contributed by atoms with Gasteiger partial charge >= 0.3 is 0 Å². The zero-order valence-corrected chi connectivity index (χ0v) is 12.4. The Balaban J connectivity index is 2.11. The fourth-order valence-electron chi connectivity index (χ4n) is 2.18. The van der Waals surface area contributed by atoms with Crippen LogP contribution in [0.4, 0.5) is 5.69 Å². The second-order valence-electron chi connectivity index (χ2n) is 4.81. The van der Waals surface area contributed by atoms with E-state index in [4.69, 9.17) is 10.5 Å². The number of nitrogens with two attached hydrogens (primary N) is 1. The van der Waals surface area contributed by atoms with Gasteiger partial charge in [0.1, 0.15) is 5.75 Å². The van der Waals surface area contributed by atoms with Gasteiger partial charge in [-0.25, -0.2) is 0 Å². The molecule has 0 unspecified atom stereocenters. The van der Waals surface area contributed by atoms with Gasteiger partial charge in [-0.15, -0.1) is 0 Å². The van der Waals surface area contributed by atoms with Gasteiger partial charge in [-0.3, -0.25) is 4.79 Å². The Hall–Kier alpha value is -2.33. The van der Waals surface area contributed by atoms with Crippen molar-refractivity contribution in [2.75, 3.05) is 19.1 Å². The lowest BCUT2D eigenvalue weighted by molar-refractivity contribution is -0.117. The average Bonchev–Trinajstić information content (AvgIpc) is 2.54. The highest BCUT2D eigenvalue weighted by atomic mass is 16.5. The quantitative estimate of drug-likeness (QED) is 0.917. The van der Waals surface area contributed by atoms with Crippen molar-refractivity contribution in [2.45, 2.75) is 13.0 Å². The first-order valence-electron chi connectivity index (χ1n) is 6.83. The Labute approximate surface area is 125 Å². The molecule has 0 aliphatic rings. The normalized spacial score (nSPS) is 10.2. The van der Waals surface area contributed by atoms with Crippen molar-refractivity contribution in [3.63, 3.8) is 0 Å². The molecule has 0 spiro atoms. The third-order valence-electron chi connectivity index (χ3n) is 3.46. The highest BCUT2D eigenvalue weighted by Gasteiger charge is 2.14. The van der Waals surface area contributed by atoms with Crippen LogP contribution in [0.1, 0.15) is 11.1 Å². The van der Waals surface area contributed by atoms with Crippen molar-refractivity contribution >= 4 is 11.6 Å². The Morgan fingerprint density at radius 1 is 1.14 bits per heavy atom. The molecule has 110 valence electrons. The van der Waals surface area contributed by atoms with Gasteiger partial charge in [-0.1, -0.05) is 30.3 Å². The largest absolute Gasteiger partial charge is 0.497 e. The number of likely N-dealkylation sites (N-methyl/N-ethyl adjacent to an activating group) is 1. The number of carbonyl (C=O) groups excluding carboxylic acids is 1. The van der Waals surface area contributed by atoms with E-state index in [1.807, 2.05) is 48.5 Å². The van der Waals surface area contributed by atoms with Crippen LogP contribution in [-0.2, 0) is 17.8 Å².